The van der Waals surface area contributed by atoms with Gasteiger partial charge in [0.2, 0.25) is 0 Å². The second-order valence-electron chi connectivity index (χ2n) is 4.37. The van der Waals surface area contributed by atoms with Gasteiger partial charge in [0.15, 0.2) is 5.78 Å². The Kier molecular flexibility index (Phi) is 3.10. The number of nitrogens with one attached hydrogen (secondary N) is 1. The number of hydrogen-bond acceptors (Lipinski definition) is 2. The molecule has 0 aliphatic heterocycles. The van der Waals surface area contributed by atoms with Gasteiger partial charge in [-0.3, -0.25) is 4.79 Å². The van der Waals surface area contributed by atoms with E-state index in [1.807, 2.05) is 37.3 Å². The van der Waals surface area contributed by atoms with Crippen LogP contribution in [0.3, 0.4) is 0 Å². The molecule has 4 heteroatoms. The summed E-state index contributed by atoms with van der Waals surface area (Å²) in [5.41, 5.74) is 3.27. The molecule has 0 aliphatic carbocycles. The van der Waals surface area contributed by atoms with Gasteiger partial charge in [0.05, 0.1) is 0 Å². The molecule has 0 radical (unpaired) electrons. The third-order valence-corrected chi connectivity index (χ3v) is 4.56. The van der Waals surface area contributed by atoms with E-state index in [1.54, 1.807) is 12.4 Å². The molecule has 0 bridgehead atoms. The maximum absolute atomic E-state index is 12.6. The fourth-order valence-corrected chi connectivity index (χ4v) is 2.72. The van der Waals surface area contributed by atoms with Crippen molar-refractivity contribution in [1.82, 2.24) is 9.97 Å². The van der Waals surface area contributed by atoms with Gasteiger partial charge in [-0.1, -0.05) is 12.1 Å². The monoisotopic (exact) mass is 362 g/mol. The predicted octanol–water partition coefficient (Wildman–Crippen LogP) is 3.71. The Balaban J connectivity index is 2.17. The summed E-state index contributed by atoms with van der Waals surface area (Å²) in [7, 11) is 0. The number of halogens is 1. The fraction of sp³-hybridized carbons (Fsp3) is 0.0667. The maximum atomic E-state index is 12.6. The Hall–Kier alpha value is -1.69. The number of aryl methyl sites for hydroxylation is 1. The molecule has 1 N–H and O–H groups in total. The van der Waals surface area contributed by atoms with E-state index in [9.17, 15) is 4.79 Å². The lowest BCUT2D eigenvalue weighted by Gasteiger charge is -2.05. The summed E-state index contributed by atoms with van der Waals surface area (Å²) in [4.78, 5) is 19.9. The Labute approximate surface area is 124 Å². The molecular weight excluding hydrogens is 351 g/mol. The third kappa shape index (κ3) is 2.06. The van der Waals surface area contributed by atoms with Crippen LogP contribution in [0.2, 0.25) is 0 Å². The summed E-state index contributed by atoms with van der Waals surface area (Å²) in [6.45, 7) is 2.01. The number of aromatic amines is 1. The van der Waals surface area contributed by atoms with E-state index in [1.165, 1.54) is 0 Å². The lowest BCUT2D eigenvalue weighted by molar-refractivity contribution is 0.103. The Morgan fingerprint density at radius 2 is 2.05 bits per heavy atom. The first-order valence-corrected chi connectivity index (χ1v) is 6.98. The SMILES string of the molecule is Cc1cccc(C(=O)c2c[nH]c3ncccc23)c1I. The molecule has 0 atom stereocenters. The molecule has 19 heavy (non-hydrogen) atoms. The zero-order chi connectivity index (χ0) is 13.4. The molecule has 0 amide bonds. The zero-order valence-electron chi connectivity index (χ0n) is 10.3. The average Bonchev–Trinajstić information content (AvgIpc) is 2.85. The van der Waals surface area contributed by atoms with E-state index < -0.39 is 0 Å². The van der Waals surface area contributed by atoms with Gasteiger partial charge < -0.3 is 4.98 Å². The number of nitrogens with zero attached hydrogens (tertiary/aromatic N) is 1. The van der Waals surface area contributed by atoms with Gasteiger partial charge in [0.25, 0.3) is 0 Å². The molecule has 0 saturated carbocycles. The molecule has 3 nitrogen and oxygen atoms in total. The number of aromatic nitrogens is 2. The molecule has 0 spiro atoms. The quantitative estimate of drug-likeness (QED) is 0.558. The molecule has 1 aromatic carbocycles. The van der Waals surface area contributed by atoms with Crippen molar-refractivity contribution in [3.8, 4) is 0 Å². The first-order valence-electron chi connectivity index (χ1n) is 5.90. The number of ketones is 1. The molecule has 0 saturated heterocycles. The summed E-state index contributed by atoms with van der Waals surface area (Å²) >= 11 is 2.22. The highest BCUT2D eigenvalue weighted by molar-refractivity contribution is 14.1. The maximum Gasteiger partial charge on any atom is 0.196 e. The number of rotatable bonds is 2. The number of benzene rings is 1. The second-order valence-corrected chi connectivity index (χ2v) is 5.45. The van der Waals surface area contributed by atoms with Crippen molar-refractivity contribution in [3.05, 3.63) is 63.0 Å². The minimum atomic E-state index is 0.0346. The normalized spacial score (nSPS) is 10.8. The summed E-state index contributed by atoms with van der Waals surface area (Å²) < 4.78 is 1.00. The summed E-state index contributed by atoms with van der Waals surface area (Å²) in [5, 5.41) is 0.866. The first-order chi connectivity index (χ1) is 9.18. The molecule has 94 valence electrons. The van der Waals surface area contributed by atoms with Crippen molar-refractivity contribution in [2.24, 2.45) is 0 Å². The standard InChI is InChI=1S/C15H11IN2O/c1-9-4-2-5-11(13(9)16)14(19)12-8-18-15-10(12)6-3-7-17-15/h2-8H,1H3,(H,17,18). The smallest absolute Gasteiger partial charge is 0.196 e. The lowest BCUT2D eigenvalue weighted by atomic mass is 10.0. The average molecular weight is 362 g/mol. The number of pyridine rings is 1. The Bertz CT molecular complexity index is 777. The van der Waals surface area contributed by atoms with Crippen LogP contribution in [0.5, 0.6) is 0 Å². The Morgan fingerprint density at radius 1 is 1.21 bits per heavy atom. The third-order valence-electron chi connectivity index (χ3n) is 3.13. The minimum Gasteiger partial charge on any atom is -0.345 e. The van der Waals surface area contributed by atoms with E-state index in [-0.39, 0.29) is 5.78 Å². The van der Waals surface area contributed by atoms with Gasteiger partial charge in [-0.15, -0.1) is 0 Å². The first kappa shape index (κ1) is 12.3. The van der Waals surface area contributed by atoms with Crippen LogP contribution in [0.25, 0.3) is 11.0 Å². The largest absolute Gasteiger partial charge is 0.345 e. The molecular formula is C15H11IN2O. The molecule has 0 aliphatic rings. The topological polar surface area (TPSA) is 45.8 Å². The summed E-state index contributed by atoms with van der Waals surface area (Å²) in [6, 6.07) is 9.54. The van der Waals surface area contributed by atoms with E-state index in [4.69, 9.17) is 0 Å². The van der Waals surface area contributed by atoms with Gasteiger partial charge in [-0.05, 0) is 53.3 Å². The second kappa shape index (κ2) is 4.77. The summed E-state index contributed by atoms with van der Waals surface area (Å²) in [5.74, 6) is 0.0346. The number of hydrogen-bond donors (Lipinski definition) is 1. The van der Waals surface area contributed by atoms with E-state index in [0.717, 1.165) is 25.7 Å². The zero-order valence-corrected chi connectivity index (χ0v) is 12.4. The van der Waals surface area contributed by atoms with Crippen molar-refractivity contribution in [3.63, 3.8) is 0 Å². The lowest BCUT2D eigenvalue weighted by Crippen LogP contribution is -2.04. The van der Waals surface area contributed by atoms with Crippen molar-refractivity contribution >= 4 is 39.4 Å². The minimum absolute atomic E-state index is 0.0346. The van der Waals surface area contributed by atoms with Crippen LogP contribution in [0, 0.1) is 10.5 Å². The molecule has 3 rings (SSSR count). The number of carbonyl (C=O) groups is 1. The number of carbonyl (C=O) groups excluding carboxylic acids is 1. The molecule has 3 aromatic rings. The van der Waals surface area contributed by atoms with Crippen LogP contribution in [0.1, 0.15) is 21.5 Å². The van der Waals surface area contributed by atoms with Crippen LogP contribution in [-0.2, 0) is 0 Å². The highest BCUT2D eigenvalue weighted by Gasteiger charge is 2.17. The van der Waals surface area contributed by atoms with Gasteiger partial charge in [-0.25, -0.2) is 4.98 Å². The number of H-pyrrole nitrogens is 1. The summed E-state index contributed by atoms with van der Waals surface area (Å²) in [6.07, 6.45) is 3.45. The van der Waals surface area contributed by atoms with Crippen LogP contribution < -0.4 is 0 Å². The molecule has 2 heterocycles. The van der Waals surface area contributed by atoms with Crippen LogP contribution in [-0.4, -0.2) is 15.8 Å². The Morgan fingerprint density at radius 3 is 2.89 bits per heavy atom. The van der Waals surface area contributed by atoms with Crippen LogP contribution >= 0.6 is 22.6 Å². The van der Waals surface area contributed by atoms with E-state index in [0.29, 0.717) is 5.56 Å². The fourth-order valence-electron chi connectivity index (χ4n) is 2.11. The van der Waals surface area contributed by atoms with Gasteiger partial charge >= 0.3 is 0 Å². The number of fused-ring (bicyclic) bond motifs is 1. The van der Waals surface area contributed by atoms with Crippen molar-refractivity contribution < 1.29 is 4.79 Å². The van der Waals surface area contributed by atoms with Crippen molar-refractivity contribution in [2.75, 3.05) is 0 Å². The van der Waals surface area contributed by atoms with Gasteiger partial charge in [0, 0.05) is 32.5 Å². The molecule has 0 fully saturated rings. The van der Waals surface area contributed by atoms with Crippen molar-refractivity contribution in [2.45, 2.75) is 6.92 Å². The highest BCUT2D eigenvalue weighted by atomic mass is 127. The van der Waals surface area contributed by atoms with Crippen LogP contribution in [0.4, 0.5) is 0 Å². The van der Waals surface area contributed by atoms with E-state index >= 15 is 0 Å². The highest BCUT2D eigenvalue weighted by Crippen LogP contribution is 2.23. The van der Waals surface area contributed by atoms with Crippen molar-refractivity contribution in [1.29, 1.82) is 0 Å². The van der Waals surface area contributed by atoms with Crippen LogP contribution in [0.15, 0.2) is 42.7 Å². The van der Waals surface area contributed by atoms with Gasteiger partial charge in [0.1, 0.15) is 5.65 Å². The molecule has 0 unspecified atom stereocenters. The predicted molar refractivity (Wildman–Crippen MR) is 83.4 cm³/mol. The van der Waals surface area contributed by atoms with Gasteiger partial charge in [-0.2, -0.15) is 0 Å². The van der Waals surface area contributed by atoms with E-state index in [2.05, 4.69) is 32.6 Å². The molecule has 2 aromatic heterocycles.